The molecular weight excluding hydrogens is 584 g/mol. The molecule has 45 heavy (non-hydrogen) atoms. The van der Waals surface area contributed by atoms with Crippen LogP contribution in [0.5, 0.6) is 0 Å². The highest BCUT2D eigenvalue weighted by Gasteiger charge is 2.46. The van der Waals surface area contributed by atoms with E-state index in [1.165, 1.54) is 24.3 Å². The largest absolute Gasteiger partial charge is 0.416 e. The number of piperidine rings is 1. The molecule has 2 aliphatic rings. The van der Waals surface area contributed by atoms with Crippen LogP contribution in [-0.2, 0) is 17.5 Å². The first-order valence-corrected chi connectivity index (χ1v) is 15.3. The van der Waals surface area contributed by atoms with Crippen LogP contribution in [0.4, 0.5) is 23.4 Å². The van der Waals surface area contributed by atoms with Crippen LogP contribution < -0.4 is 4.90 Å². The van der Waals surface area contributed by atoms with Gasteiger partial charge in [0.25, 0.3) is 0 Å². The third-order valence-electron chi connectivity index (χ3n) is 8.81. The lowest BCUT2D eigenvalue weighted by molar-refractivity contribution is -0.137. The molecule has 10 heteroatoms. The molecule has 0 N–H and O–H groups in total. The van der Waals surface area contributed by atoms with E-state index in [4.69, 9.17) is 5.10 Å². The average molecular weight is 619 g/mol. The van der Waals surface area contributed by atoms with Gasteiger partial charge in [-0.25, -0.2) is 9.07 Å². The minimum atomic E-state index is -4.61. The number of carbonyl (C=O) groups excluding carboxylic acids is 2. The quantitative estimate of drug-likeness (QED) is 0.153. The molecule has 1 fully saturated rings. The third-order valence-corrected chi connectivity index (χ3v) is 8.81. The fourth-order valence-electron chi connectivity index (χ4n) is 6.65. The van der Waals surface area contributed by atoms with Gasteiger partial charge in [0.05, 0.1) is 22.9 Å². The van der Waals surface area contributed by atoms with Gasteiger partial charge in [-0.2, -0.15) is 18.3 Å². The lowest BCUT2D eigenvalue weighted by Crippen LogP contribution is -2.45. The second kappa shape index (κ2) is 12.6. The van der Waals surface area contributed by atoms with Gasteiger partial charge in [-0.3, -0.25) is 19.4 Å². The van der Waals surface area contributed by atoms with Crippen LogP contribution in [-0.4, -0.2) is 46.0 Å². The third kappa shape index (κ3) is 6.16. The molecule has 0 radical (unpaired) electrons. The smallest absolute Gasteiger partial charge is 0.297 e. The summed E-state index contributed by atoms with van der Waals surface area (Å²) < 4.78 is 56.4. The van der Waals surface area contributed by atoms with Crippen molar-refractivity contribution in [2.45, 2.75) is 51.2 Å². The Kier molecular flexibility index (Phi) is 8.59. The topological polar surface area (TPSA) is 58.4 Å². The number of ketones is 1. The molecule has 0 saturated carbocycles. The number of rotatable bonds is 8. The van der Waals surface area contributed by atoms with Crippen LogP contribution in [0.25, 0.3) is 5.69 Å². The summed E-state index contributed by atoms with van der Waals surface area (Å²) in [7, 11) is 0. The molecule has 3 aromatic carbocycles. The summed E-state index contributed by atoms with van der Waals surface area (Å²) in [6.45, 7) is 4.47. The minimum absolute atomic E-state index is 0.113. The summed E-state index contributed by atoms with van der Waals surface area (Å²) in [4.78, 5) is 32.0. The standard InChI is InChI=1S/C35H34F4N4O2/c1-2-42-33-32(29(22-41-18-7-4-8-19-41)40-43(33)27-12-5-3-6-13-27)31(23-14-16-26(36)17-15-23)28(34(42)45)21-30(44)24-10-9-11-25(20-24)35(37,38)39/h3,5-6,9-17,20,28,31H,2,4,7-8,18-19,21-22H2,1H3/t28-,31+/m0/s1. The molecule has 1 amide bonds. The van der Waals surface area contributed by atoms with Crippen molar-refractivity contribution in [2.75, 3.05) is 24.5 Å². The molecule has 1 aromatic heterocycles. The van der Waals surface area contributed by atoms with Crippen molar-refractivity contribution in [3.63, 3.8) is 0 Å². The number of hydrogen-bond donors (Lipinski definition) is 0. The highest BCUT2D eigenvalue weighted by Crippen LogP contribution is 2.48. The molecule has 2 aliphatic heterocycles. The Balaban J connectivity index is 1.52. The van der Waals surface area contributed by atoms with Gasteiger partial charge in [0, 0.05) is 36.6 Å². The van der Waals surface area contributed by atoms with E-state index >= 15 is 0 Å². The number of aromatic nitrogens is 2. The van der Waals surface area contributed by atoms with Gasteiger partial charge in [0.2, 0.25) is 5.91 Å². The highest BCUT2D eigenvalue weighted by molar-refractivity contribution is 6.04. The van der Waals surface area contributed by atoms with Crippen molar-refractivity contribution in [1.82, 2.24) is 14.7 Å². The van der Waals surface area contributed by atoms with E-state index in [1.54, 1.807) is 21.7 Å². The van der Waals surface area contributed by atoms with E-state index in [2.05, 4.69) is 4.90 Å². The number of halogens is 4. The Morgan fingerprint density at radius 3 is 2.31 bits per heavy atom. The first-order chi connectivity index (χ1) is 21.7. The minimum Gasteiger partial charge on any atom is -0.297 e. The summed E-state index contributed by atoms with van der Waals surface area (Å²) in [6, 6.07) is 19.7. The monoisotopic (exact) mass is 618 g/mol. The Hall–Kier alpha value is -4.31. The normalized spacial score (nSPS) is 19.0. The van der Waals surface area contributed by atoms with Crippen LogP contribution >= 0.6 is 0 Å². The van der Waals surface area contributed by atoms with Gasteiger partial charge in [-0.1, -0.05) is 48.9 Å². The first-order valence-electron chi connectivity index (χ1n) is 15.3. The molecular formula is C35H34F4N4O2. The van der Waals surface area contributed by atoms with Crippen LogP contribution in [0.1, 0.15) is 71.3 Å². The number of amides is 1. The number of Topliss-reactive ketones (excluding diaryl/α,β-unsaturated/α-hetero) is 1. The lowest BCUT2D eigenvalue weighted by atomic mass is 9.74. The Morgan fingerprint density at radius 2 is 1.64 bits per heavy atom. The van der Waals surface area contributed by atoms with Crippen molar-refractivity contribution >= 4 is 17.5 Å². The molecule has 0 bridgehead atoms. The second-order valence-corrected chi connectivity index (χ2v) is 11.7. The van der Waals surface area contributed by atoms with Gasteiger partial charge in [-0.15, -0.1) is 0 Å². The van der Waals surface area contributed by atoms with Gasteiger partial charge in [-0.05, 0) is 74.8 Å². The fraction of sp³-hybridized carbons (Fsp3) is 0.343. The number of likely N-dealkylation sites (tertiary alicyclic amines) is 1. The molecule has 0 unspecified atom stereocenters. The zero-order valence-electron chi connectivity index (χ0n) is 24.9. The predicted octanol–water partition coefficient (Wildman–Crippen LogP) is 7.40. The zero-order valence-corrected chi connectivity index (χ0v) is 24.9. The molecule has 0 spiro atoms. The SMILES string of the molecule is CCN1C(=O)[C@@H](CC(=O)c2cccc(C(F)(F)F)c2)[C@@H](c2ccc(F)cc2)c2c(CN3CCCCC3)nn(-c3ccccc3)c21. The summed E-state index contributed by atoms with van der Waals surface area (Å²) in [5.74, 6) is -2.37. The zero-order chi connectivity index (χ0) is 31.7. The number of alkyl halides is 3. The molecule has 2 atom stereocenters. The van der Waals surface area contributed by atoms with Crippen molar-refractivity contribution in [2.24, 2.45) is 5.92 Å². The number of anilines is 1. The maximum atomic E-state index is 14.4. The predicted molar refractivity (Wildman–Crippen MR) is 163 cm³/mol. The van der Waals surface area contributed by atoms with E-state index in [-0.39, 0.29) is 24.4 Å². The molecule has 0 aliphatic carbocycles. The highest BCUT2D eigenvalue weighted by atomic mass is 19.4. The van der Waals surface area contributed by atoms with Crippen LogP contribution in [0.15, 0.2) is 78.9 Å². The Bertz CT molecular complexity index is 1680. The molecule has 3 heterocycles. The second-order valence-electron chi connectivity index (χ2n) is 11.7. The van der Waals surface area contributed by atoms with Crippen molar-refractivity contribution < 1.29 is 27.2 Å². The summed E-state index contributed by atoms with van der Waals surface area (Å²) >= 11 is 0. The number of carbonyl (C=O) groups is 2. The molecule has 6 rings (SSSR count). The van der Waals surface area contributed by atoms with Crippen molar-refractivity contribution in [3.05, 3.63) is 113 Å². The maximum absolute atomic E-state index is 14.4. The first kappa shape index (κ1) is 30.7. The number of nitrogens with zero attached hydrogens (tertiary/aromatic N) is 4. The van der Waals surface area contributed by atoms with E-state index in [9.17, 15) is 27.2 Å². The van der Waals surface area contributed by atoms with E-state index < -0.39 is 35.2 Å². The van der Waals surface area contributed by atoms with Gasteiger partial charge in [0.1, 0.15) is 11.6 Å². The summed E-state index contributed by atoms with van der Waals surface area (Å²) in [6.07, 6.45) is -1.65. The number of benzene rings is 3. The number of hydrogen-bond acceptors (Lipinski definition) is 4. The fourth-order valence-corrected chi connectivity index (χ4v) is 6.65. The molecule has 234 valence electrons. The van der Waals surface area contributed by atoms with Crippen LogP contribution in [0.2, 0.25) is 0 Å². The molecule has 1 saturated heterocycles. The van der Waals surface area contributed by atoms with Gasteiger partial charge >= 0.3 is 6.18 Å². The maximum Gasteiger partial charge on any atom is 0.416 e. The van der Waals surface area contributed by atoms with Gasteiger partial charge in [0.15, 0.2) is 5.78 Å². The molecule has 6 nitrogen and oxygen atoms in total. The summed E-state index contributed by atoms with van der Waals surface area (Å²) in [5.41, 5.74) is 1.89. The average Bonchev–Trinajstić information content (AvgIpc) is 3.40. The summed E-state index contributed by atoms with van der Waals surface area (Å²) in [5, 5.41) is 5.09. The van der Waals surface area contributed by atoms with Gasteiger partial charge < -0.3 is 0 Å². The van der Waals surface area contributed by atoms with E-state index in [0.29, 0.717) is 17.9 Å². The molecule has 4 aromatic rings. The Labute approximate surface area is 259 Å². The van der Waals surface area contributed by atoms with Crippen LogP contribution in [0.3, 0.4) is 0 Å². The van der Waals surface area contributed by atoms with E-state index in [0.717, 1.165) is 61.4 Å². The van der Waals surface area contributed by atoms with Crippen molar-refractivity contribution in [1.29, 1.82) is 0 Å². The van der Waals surface area contributed by atoms with Crippen molar-refractivity contribution in [3.8, 4) is 5.69 Å². The number of para-hydroxylation sites is 1. The Morgan fingerprint density at radius 1 is 0.933 bits per heavy atom. The number of fused-ring (bicyclic) bond motifs is 1. The lowest BCUT2D eigenvalue weighted by Gasteiger charge is -2.38. The van der Waals surface area contributed by atoms with E-state index in [1.807, 2.05) is 37.3 Å². The van der Waals surface area contributed by atoms with Crippen LogP contribution in [0, 0.1) is 11.7 Å².